The number of unbranched alkanes of at least 4 members (excludes halogenated alkanes) is 1. The van der Waals surface area contributed by atoms with Crippen molar-refractivity contribution >= 4 is 11.9 Å². The molecule has 2 atom stereocenters. The van der Waals surface area contributed by atoms with Gasteiger partial charge in [0.1, 0.15) is 0 Å². The minimum Gasteiger partial charge on any atom is -0.356 e. The van der Waals surface area contributed by atoms with E-state index in [0.29, 0.717) is 18.9 Å². The molecule has 0 aromatic carbocycles. The molecule has 1 fully saturated rings. The number of rotatable bonds is 10. The number of hydrogen-bond donors (Lipinski definition) is 4. The monoisotopic (exact) mass is 284 g/mol. The van der Waals surface area contributed by atoms with Gasteiger partial charge in [0, 0.05) is 19.5 Å². The van der Waals surface area contributed by atoms with Gasteiger partial charge in [-0.2, -0.15) is 0 Å². The lowest BCUT2D eigenvalue weighted by Gasteiger charge is -2.17. The number of carbonyl (C=O) groups is 2. The molecule has 6 heteroatoms. The molecule has 0 aromatic rings. The zero-order valence-corrected chi connectivity index (χ0v) is 12.6. The van der Waals surface area contributed by atoms with Crippen molar-refractivity contribution < 1.29 is 9.59 Å². The number of amides is 3. The molecule has 0 saturated carbocycles. The molecule has 0 spiro atoms. The van der Waals surface area contributed by atoms with Crippen LogP contribution in [0.4, 0.5) is 4.79 Å². The second-order valence-corrected chi connectivity index (χ2v) is 5.49. The molecule has 0 unspecified atom stereocenters. The van der Waals surface area contributed by atoms with Crippen LogP contribution in [0.15, 0.2) is 0 Å². The second-order valence-electron chi connectivity index (χ2n) is 5.49. The first-order valence-corrected chi connectivity index (χ1v) is 7.59. The zero-order chi connectivity index (χ0) is 14.8. The average molecular weight is 284 g/mol. The molecule has 0 radical (unpaired) electrons. The summed E-state index contributed by atoms with van der Waals surface area (Å²) < 4.78 is 0. The van der Waals surface area contributed by atoms with E-state index < -0.39 is 0 Å². The summed E-state index contributed by atoms with van der Waals surface area (Å²) in [5, 5.41) is 11.7. The van der Waals surface area contributed by atoms with Gasteiger partial charge in [-0.25, -0.2) is 4.79 Å². The second kappa shape index (κ2) is 9.58. The molecule has 1 aliphatic rings. The summed E-state index contributed by atoms with van der Waals surface area (Å²) in [5.74, 6) is 0.595. The van der Waals surface area contributed by atoms with Gasteiger partial charge in [-0.3, -0.25) is 4.79 Å². The Hall–Kier alpha value is -1.30. The third kappa shape index (κ3) is 6.75. The highest BCUT2D eigenvalue weighted by Crippen LogP contribution is 2.14. The summed E-state index contributed by atoms with van der Waals surface area (Å²) in [7, 11) is 1.91. The van der Waals surface area contributed by atoms with Gasteiger partial charge in [-0.15, -0.1) is 0 Å². The van der Waals surface area contributed by atoms with E-state index in [4.69, 9.17) is 0 Å². The van der Waals surface area contributed by atoms with E-state index in [9.17, 15) is 9.59 Å². The van der Waals surface area contributed by atoms with Gasteiger partial charge in [0.25, 0.3) is 0 Å². The Morgan fingerprint density at radius 2 is 2.15 bits per heavy atom. The minimum atomic E-state index is -0.0669. The van der Waals surface area contributed by atoms with Crippen LogP contribution < -0.4 is 21.3 Å². The van der Waals surface area contributed by atoms with E-state index in [0.717, 1.165) is 38.8 Å². The zero-order valence-electron chi connectivity index (χ0n) is 12.6. The molecule has 3 amide bonds. The van der Waals surface area contributed by atoms with Gasteiger partial charge >= 0.3 is 6.03 Å². The standard InChI is InChI=1S/C14H28N4O2/c1-11(12-10-17-14(20)18-12)6-3-4-7-13(19)16-9-5-8-15-2/h11-12,15H,3-10H2,1-2H3,(H,16,19)(H2,17,18,20)/t11-,12-/m0/s1. The molecule has 1 rings (SSSR count). The number of urea groups is 1. The van der Waals surface area contributed by atoms with Crippen LogP contribution in [0, 0.1) is 5.92 Å². The Morgan fingerprint density at radius 3 is 2.80 bits per heavy atom. The predicted octanol–water partition coefficient (Wildman–Crippen LogP) is 0.590. The minimum absolute atomic E-state index is 0.0669. The van der Waals surface area contributed by atoms with Crippen molar-refractivity contribution in [3.8, 4) is 0 Å². The van der Waals surface area contributed by atoms with Crippen LogP contribution in [0.3, 0.4) is 0 Å². The molecule has 1 heterocycles. The largest absolute Gasteiger partial charge is 0.356 e. The number of hydrogen-bond acceptors (Lipinski definition) is 3. The maximum atomic E-state index is 11.6. The maximum Gasteiger partial charge on any atom is 0.315 e. The van der Waals surface area contributed by atoms with E-state index in [-0.39, 0.29) is 18.0 Å². The Kier molecular flexibility index (Phi) is 8.02. The van der Waals surface area contributed by atoms with Crippen molar-refractivity contribution in [2.45, 2.75) is 45.1 Å². The summed E-state index contributed by atoms with van der Waals surface area (Å²) >= 11 is 0. The van der Waals surface area contributed by atoms with Gasteiger partial charge in [0.15, 0.2) is 0 Å². The van der Waals surface area contributed by atoms with E-state index in [1.54, 1.807) is 0 Å². The van der Waals surface area contributed by atoms with Crippen LogP contribution in [0.25, 0.3) is 0 Å². The summed E-state index contributed by atoms with van der Waals surface area (Å²) in [5.41, 5.74) is 0. The van der Waals surface area contributed by atoms with Crippen molar-refractivity contribution in [1.29, 1.82) is 0 Å². The molecule has 0 aromatic heterocycles. The SMILES string of the molecule is CNCCCNC(=O)CCCC[C@H](C)[C@@H]1CNC(=O)N1. The van der Waals surface area contributed by atoms with Crippen LogP contribution in [-0.4, -0.2) is 44.7 Å². The molecule has 20 heavy (non-hydrogen) atoms. The van der Waals surface area contributed by atoms with Crippen molar-refractivity contribution in [2.24, 2.45) is 5.92 Å². The van der Waals surface area contributed by atoms with E-state index >= 15 is 0 Å². The molecular formula is C14H28N4O2. The van der Waals surface area contributed by atoms with E-state index in [2.05, 4.69) is 28.2 Å². The third-order valence-corrected chi connectivity index (χ3v) is 3.72. The number of nitrogens with one attached hydrogen (secondary N) is 4. The molecule has 1 saturated heterocycles. The van der Waals surface area contributed by atoms with Crippen molar-refractivity contribution in [2.75, 3.05) is 26.7 Å². The topological polar surface area (TPSA) is 82.3 Å². The summed E-state index contributed by atoms with van der Waals surface area (Å²) in [4.78, 5) is 22.6. The van der Waals surface area contributed by atoms with Gasteiger partial charge in [0.05, 0.1) is 6.04 Å². The lowest BCUT2D eigenvalue weighted by atomic mass is 9.96. The quantitative estimate of drug-likeness (QED) is 0.443. The van der Waals surface area contributed by atoms with Crippen LogP contribution >= 0.6 is 0 Å². The maximum absolute atomic E-state index is 11.6. The van der Waals surface area contributed by atoms with Gasteiger partial charge in [-0.1, -0.05) is 13.3 Å². The third-order valence-electron chi connectivity index (χ3n) is 3.72. The highest BCUT2D eigenvalue weighted by molar-refractivity contribution is 5.76. The molecule has 1 aliphatic heterocycles. The normalized spacial score (nSPS) is 19.3. The summed E-state index contributed by atoms with van der Waals surface area (Å²) in [6, 6.07) is 0.167. The van der Waals surface area contributed by atoms with Crippen molar-refractivity contribution in [1.82, 2.24) is 21.3 Å². The Bertz CT molecular complexity index is 310. The first kappa shape index (κ1) is 16.8. The van der Waals surface area contributed by atoms with E-state index in [1.807, 2.05) is 7.05 Å². The molecule has 116 valence electrons. The molecule has 4 N–H and O–H groups in total. The Morgan fingerprint density at radius 1 is 1.35 bits per heavy atom. The molecule has 0 aliphatic carbocycles. The average Bonchev–Trinajstić information content (AvgIpc) is 2.86. The van der Waals surface area contributed by atoms with Crippen molar-refractivity contribution in [3.63, 3.8) is 0 Å². The Balaban J connectivity index is 1.98. The molecule has 6 nitrogen and oxygen atoms in total. The lowest BCUT2D eigenvalue weighted by molar-refractivity contribution is -0.121. The highest BCUT2D eigenvalue weighted by Gasteiger charge is 2.24. The Labute approximate surface area is 121 Å². The van der Waals surface area contributed by atoms with E-state index in [1.165, 1.54) is 0 Å². The predicted molar refractivity (Wildman–Crippen MR) is 79.5 cm³/mol. The van der Waals surface area contributed by atoms with Crippen LogP contribution in [0.2, 0.25) is 0 Å². The fraction of sp³-hybridized carbons (Fsp3) is 0.857. The van der Waals surface area contributed by atoms with Gasteiger partial charge in [0.2, 0.25) is 5.91 Å². The highest BCUT2D eigenvalue weighted by atomic mass is 16.2. The summed E-state index contributed by atoms with van der Waals surface area (Å²) in [6.07, 6.45) is 4.54. The molecular weight excluding hydrogens is 256 g/mol. The summed E-state index contributed by atoms with van der Waals surface area (Å²) in [6.45, 7) is 4.54. The fourth-order valence-electron chi connectivity index (χ4n) is 2.35. The first-order valence-electron chi connectivity index (χ1n) is 7.59. The van der Waals surface area contributed by atoms with Crippen molar-refractivity contribution in [3.05, 3.63) is 0 Å². The fourth-order valence-corrected chi connectivity index (χ4v) is 2.35. The smallest absolute Gasteiger partial charge is 0.315 e. The first-order chi connectivity index (χ1) is 9.63. The van der Waals surface area contributed by atoms with Crippen LogP contribution in [-0.2, 0) is 4.79 Å². The number of carbonyl (C=O) groups excluding carboxylic acids is 2. The van der Waals surface area contributed by atoms with Crippen LogP contribution in [0.5, 0.6) is 0 Å². The molecule has 0 bridgehead atoms. The lowest BCUT2D eigenvalue weighted by Crippen LogP contribution is -2.32. The van der Waals surface area contributed by atoms with Crippen LogP contribution in [0.1, 0.15) is 39.0 Å². The van der Waals surface area contributed by atoms with Gasteiger partial charge < -0.3 is 21.3 Å². The van der Waals surface area contributed by atoms with Gasteiger partial charge in [-0.05, 0) is 38.8 Å².